The van der Waals surface area contributed by atoms with Crippen molar-refractivity contribution in [2.75, 3.05) is 13.1 Å². The molecule has 2 aliphatic rings. The Morgan fingerprint density at radius 1 is 0.682 bits per heavy atom. The highest BCUT2D eigenvalue weighted by Gasteiger charge is 2.41. The van der Waals surface area contributed by atoms with Crippen LogP contribution in [0.5, 0.6) is 11.5 Å². The molecule has 0 saturated carbocycles. The number of rotatable bonds is 23. The minimum Gasteiger partial charge on any atom is -0.741 e. The first-order chi connectivity index (χ1) is 50.4. The number of benzene rings is 4. The Kier molecular flexibility index (Phi) is 30.4. The summed E-state index contributed by atoms with van der Waals surface area (Å²) in [6, 6.07) is 29.2. The quantitative estimate of drug-likeness (QED) is 0.00716. The highest BCUT2D eigenvalue weighted by molar-refractivity contribution is 7.86. The van der Waals surface area contributed by atoms with Gasteiger partial charge in [-0.2, -0.15) is 17.7 Å². The van der Waals surface area contributed by atoms with Crippen molar-refractivity contribution in [1.29, 1.82) is 0 Å². The molecule has 6 heterocycles. The Balaban J connectivity index is 0.000000233. The lowest BCUT2D eigenvalue weighted by Gasteiger charge is -2.23. The molecule has 1 unspecified atom stereocenters. The highest BCUT2D eigenvalue weighted by atomic mass is 35.5. The first kappa shape index (κ1) is 85.2. The summed E-state index contributed by atoms with van der Waals surface area (Å²) in [4.78, 5) is 63.0. The van der Waals surface area contributed by atoms with Crippen LogP contribution in [0.1, 0.15) is 208 Å². The molecule has 0 amide bonds. The Morgan fingerprint density at radius 3 is 1.67 bits per heavy atom. The number of esters is 4. The van der Waals surface area contributed by atoms with Gasteiger partial charge in [-0.1, -0.05) is 94.8 Å². The number of aryl methyl sites for hydroxylation is 3. The number of azide groups is 2. The van der Waals surface area contributed by atoms with Gasteiger partial charge in [0, 0.05) is 85.0 Å². The molecule has 8 aromatic rings. The van der Waals surface area contributed by atoms with Gasteiger partial charge in [0.1, 0.15) is 45.9 Å². The standard InChI is InChI=1S/C36H41ClN7O4S.C24H28ClN3O2S.C13H17N3O3.CHF3O3S/c1-22-23(2)49-35-32(22)33(26-13-15-27(37)16-14-26)40-29(20-31(46)48-36(4,5)6)34-41-43(24(3)44(34)35)21-25-11-17-28(18-12-25)47-30(45)10-8-7-9-19-39-42-38;1-13-14(2)31-23-21(13)19(16-7-9-18(25)10-8-16)11-17(12-20(29)30-24(4,5)6)22-27-26-15(3)28(22)23;14-16-15-9-3-1-2-4-13(18)19-12-7-5-11(10-17)6-8-12;2-1(3,4)8(5,6)7/h11-18,29H,7-10,19-21H2,1-6H3;7-10,17,19H,11-12H2,1-6H3;5-8,17H,1-4,9-10H2;(H,5,6,7)/q+1;;;/p-1/t29-;17-,19?;;/m00../s1. The lowest BCUT2D eigenvalue weighted by Crippen LogP contribution is -2.38. The fraction of sp³-hybridized carbons (Fsp3) is 0.446. The van der Waals surface area contributed by atoms with Crippen molar-refractivity contribution in [3.63, 3.8) is 0 Å². The maximum atomic E-state index is 13.3. The van der Waals surface area contributed by atoms with Crippen LogP contribution in [0.15, 0.2) is 112 Å². The normalized spacial score (nSPS) is 14.4. The molecule has 0 saturated heterocycles. The maximum Gasteiger partial charge on any atom is 0.485 e. The van der Waals surface area contributed by atoms with Gasteiger partial charge in [0.05, 0.1) is 30.7 Å². The molecule has 0 aliphatic carbocycles. The van der Waals surface area contributed by atoms with Crippen LogP contribution in [0.2, 0.25) is 10.0 Å². The van der Waals surface area contributed by atoms with E-state index >= 15 is 0 Å². The number of alkyl halides is 3. The van der Waals surface area contributed by atoms with Gasteiger partial charge in [-0.3, -0.25) is 28.7 Å². The van der Waals surface area contributed by atoms with Gasteiger partial charge in [0.15, 0.2) is 21.2 Å². The summed E-state index contributed by atoms with van der Waals surface area (Å²) >= 11 is 15.9. The van der Waals surface area contributed by atoms with Crippen LogP contribution in [-0.4, -0.2) is 102 Å². The largest absolute Gasteiger partial charge is 0.741 e. The first-order valence-electron chi connectivity index (χ1n) is 34.3. The van der Waals surface area contributed by atoms with E-state index in [0.717, 1.165) is 93.1 Å². The Morgan fingerprint density at radius 2 is 1.18 bits per heavy atom. The fourth-order valence-electron chi connectivity index (χ4n) is 11.5. The molecule has 0 fully saturated rings. The molecule has 0 radical (unpaired) electrons. The second kappa shape index (κ2) is 38.2. The van der Waals surface area contributed by atoms with E-state index < -0.39 is 32.9 Å². The molecule has 0 spiro atoms. The number of nitrogens with zero attached hydrogens (tertiary/aromatic N) is 13. The smallest absolute Gasteiger partial charge is 0.485 e. The number of carbonyl (C=O) groups is 4. The van der Waals surface area contributed by atoms with Crippen molar-refractivity contribution in [2.24, 2.45) is 15.2 Å². The number of ether oxygens (including phenoxy) is 4. The van der Waals surface area contributed by atoms with E-state index in [0.29, 0.717) is 72.7 Å². The molecule has 0 bridgehead atoms. The number of hydrogen-bond donors (Lipinski definition) is 1. The van der Waals surface area contributed by atoms with Crippen molar-refractivity contribution >= 4 is 85.6 Å². The van der Waals surface area contributed by atoms with E-state index in [4.69, 9.17) is 81.4 Å². The van der Waals surface area contributed by atoms with Crippen LogP contribution in [-0.2, 0) is 51.9 Å². The Bertz CT molecular complexity index is 4670. The number of aliphatic hydroxyl groups is 1. The van der Waals surface area contributed by atoms with Crippen LogP contribution in [0.3, 0.4) is 0 Å². The first-order valence-corrected chi connectivity index (χ1v) is 38.1. The van der Waals surface area contributed by atoms with Crippen LogP contribution in [0.25, 0.3) is 30.9 Å². The topological polar surface area (TPSA) is 345 Å². The SMILES string of the molecule is Cc1sc2c(c1C)C(c1ccc(Cl)cc1)=N[C@@H](CC(=O)OC(C)(C)C)c1nn(Cc3ccc(OC(=O)CCCCCN=[N+]=[N-])cc3)c(C)[n+]1-2.Cc1sc2c(c1C)C(c1ccc(Cl)cc1)C[C@@H](CC(=O)OC(C)(C)C)c1nnc(C)n1-2.O=S(=O)([O-])C(F)(F)F.[N-]=[N+]=NCCCCCC(=O)Oc1ccc(CO)cc1. The van der Waals surface area contributed by atoms with Gasteiger partial charge in [-0.15, -0.1) is 37.6 Å². The van der Waals surface area contributed by atoms with Crippen molar-refractivity contribution < 1.29 is 73.9 Å². The van der Waals surface area contributed by atoms with Crippen LogP contribution in [0, 0.1) is 41.5 Å². The maximum absolute atomic E-state index is 13.3. The van der Waals surface area contributed by atoms with E-state index in [1.54, 1.807) is 59.1 Å². The van der Waals surface area contributed by atoms with E-state index in [1.807, 2.05) is 109 Å². The van der Waals surface area contributed by atoms with Crippen LogP contribution in [0.4, 0.5) is 13.2 Å². The molecule has 572 valence electrons. The molecular formula is C74H86Cl2F3N13O12S3. The van der Waals surface area contributed by atoms with Crippen molar-refractivity contribution in [3.05, 3.63) is 206 Å². The minimum atomic E-state index is -6.09. The molecular weight excluding hydrogens is 1490 g/mol. The fourth-order valence-corrected chi connectivity index (χ4v) is 14.3. The lowest BCUT2D eigenvalue weighted by molar-refractivity contribution is -0.609. The van der Waals surface area contributed by atoms with E-state index in [-0.39, 0.29) is 55.2 Å². The zero-order valence-electron chi connectivity index (χ0n) is 61.4. The number of aromatic nitrogens is 6. The third kappa shape index (κ3) is 24.5. The summed E-state index contributed by atoms with van der Waals surface area (Å²) in [6.07, 6.45) is 6.21. The van der Waals surface area contributed by atoms with Crippen molar-refractivity contribution in [2.45, 2.75) is 201 Å². The number of thiophene rings is 2. The average Bonchev–Trinajstić information content (AvgIpc) is 1.59. The molecule has 2 aliphatic heterocycles. The summed E-state index contributed by atoms with van der Waals surface area (Å²) in [5, 5.41) is 33.3. The summed E-state index contributed by atoms with van der Waals surface area (Å²) in [7, 11) is -6.09. The third-order valence-corrected chi connectivity index (χ3v) is 20.2. The van der Waals surface area contributed by atoms with Gasteiger partial charge in [0.25, 0.3) is 0 Å². The second-order valence-corrected chi connectivity index (χ2v) is 31.9. The van der Waals surface area contributed by atoms with Crippen LogP contribution < -0.4 is 14.0 Å². The predicted molar refractivity (Wildman–Crippen MR) is 401 cm³/mol. The molecule has 3 atom stereocenters. The number of aliphatic hydroxyl groups excluding tert-OH is 1. The predicted octanol–water partition coefficient (Wildman–Crippen LogP) is 17.5. The average molecular weight is 1570 g/mol. The van der Waals surface area contributed by atoms with Gasteiger partial charge < -0.3 is 28.6 Å². The molecule has 33 heteroatoms. The zero-order valence-corrected chi connectivity index (χ0v) is 65.4. The van der Waals surface area contributed by atoms with Crippen molar-refractivity contribution in [3.8, 4) is 21.5 Å². The van der Waals surface area contributed by atoms with Crippen molar-refractivity contribution in [1.82, 2.24) is 24.5 Å². The molecule has 10 rings (SSSR count). The minimum absolute atomic E-state index is 0.0195. The van der Waals surface area contributed by atoms with E-state index in [2.05, 4.69) is 79.2 Å². The zero-order chi connectivity index (χ0) is 78.7. The number of hydrogen-bond acceptors (Lipinski definition) is 20. The molecule has 4 aromatic carbocycles. The number of carbonyl (C=O) groups excluding carboxylic acids is 4. The molecule has 107 heavy (non-hydrogen) atoms. The summed E-state index contributed by atoms with van der Waals surface area (Å²) in [5.41, 5.74) is 19.0. The van der Waals surface area contributed by atoms with Gasteiger partial charge in [0.2, 0.25) is 5.82 Å². The third-order valence-electron chi connectivity index (χ3n) is 16.8. The Labute approximate surface area is 637 Å². The van der Waals surface area contributed by atoms with Crippen LogP contribution >= 0.6 is 45.9 Å². The summed E-state index contributed by atoms with van der Waals surface area (Å²) < 4.78 is 87.2. The number of halogens is 5. The summed E-state index contributed by atoms with van der Waals surface area (Å²) in [5.74, 6) is 3.05. The van der Waals surface area contributed by atoms with Gasteiger partial charge in [-0.05, 0) is 201 Å². The molecule has 1 N–H and O–H groups in total. The molecule has 25 nitrogen and oxygen atoms in total. The number of fused-ring (bicyclic) bond motifs is 6. The van der Waals surface area contributed by atoms with E-state index in [1.165, 1.54) is 26.4 Å². The van der Waals surface area contributed by atoms with Gasteiger partial charge in [-0.25, -0.2) is 8.42 Å². The number of aliphatic imine (C=N–C) groups is 1. The number of unbranched alkanes of at least 4 members (excludes halogenated alkanes) is 4. The Hall–Kier alpha value is -9.03. The highest BCUT2D eigenvalue weighted by Crippen LogP contribution is 2.48. The summed E-state index contributed by atoms with van der Waals surface area (Å²) in [6.45, 7) is 25.1. The van der Waals surface area contributed by atoms with E-state index in [9.17, 15) is 32.3 Å². The molecule has 4 aromatic heterocycles. The second-order valence-electron chi connectivity index (χ2n) is 27.2. The lowest BCUT2D eigenvalue weighted by atomic mass is 9.82. The monoisotopic (exact) mass is 1570 g/mol. The van der Waals surface area contributed by atoms with Gasteiger partial charge >= 0.3 is 35.2 Å².